The molecule has 0 aliphatic heterocycles. The van der Waals surface area contributed by atoms with Crippen molar-refractivity contribution < 1.29 is 9.90 Å². The maximum absolute atomic E-state index is 9.87. The van der Waals surface area contributed by atoms with Crippen LogP contribution in [0.4, 0.5) is 0 Å². The van der Waals surface area contributed by atoms with Crippen molar-refractivity contribution in [3.05, 3.63) is 0 Å². The highest BCUT2D eigenvalue weighted by atomic mass is 16.4. The number of carboxylic acids is 1. The van der Waals surface area contributed by atoms with Crippen molar-refractivity contribution in [2.75, 3.05) is 27.2 Å². The quantitative estimate of drug-likeness (QED) is 0.636. The normalized spacial score (nSPS) is 9.67. The minimum absolute atomic E-state index is 0.327. The van der Waals surface area contributed by atoms with Crippen LogP contribution in [-0.2, 0) is 4.79 Å². The molecule has 4 nitrogen and oxygen atoms in total. The molecule has 0 aromatic carbocycles. The molecule has 0 aliphatic rings. The summed E-state index contributed by atoms with van der Waals surface area (Å²) in [6.07, 6.45) is 4.38. The number of rotatable bonds is 7. The van der Waals surface area contributed by atoms with Crippen LogP contribution in [0.1, 0.15) is 39.0 Å². The third-order valence-corrected chi connectivity index (χ3v) is 1.80. The van der Waals surface area contributed by atoms with Crippen molar-refractivity contribution in [2.45, 2.75) is 39.0 Å². The van der Waals surface area contributed by atoms with E-state index in [-0.39, 0.29) is 0 Å². The van der Waals surface area contributed by atoms with E-state index in [9.17, 15) is 4.79 Å². The molecule has 0 spiro atoms. The van der Waals surface area contributed by atoms with E-state index in [4.69, 9.17) is 10.8 Å². The number of hydrogen-bond acceptors (Lipinski definition) is 3. The summed E-state index contributed by atoms with van der Waals surface area (Å²) < 4.78 is 0. The van der Waals surface area contributed by atoms with Gasteiger partial charge in [-0.3, -0.25) is 4.79 Å². The zero-order valence-corrected chi connectivity index (χ0v) is 10.3. The molecule has 0 aliphatic carbocycles. The van der Waals surface area contributed by atoms with Crippen molar-refractivity contribution in [3.8, 4) is 0 Å². The van der Waals surface area contributed by atoms with Gasteiger partial charge in [-0.05, 0) is 40.0 Å². The van der Waals surface area contributed by atoms with Gasteiger partial charge in [-0.2, -0.15) is 0 Å². The molecule has 4 heteroatoms. The fourth-order valence-electron chi connectivity index (χ4n) is 0.934. The highest BCUT2D eigenvalue weighted by Gasteiger charge is 1.92. The molecule has 0 aromatic heterocycles. The summed E-state index contributed by atoms with van der Waals surface area (Å²) in [5.74, 6) is -0.682. The lowest BCUT2D eigenvalue weighted by Gasteiger charge is -2.05. The van der Waals surface area contributed by atoms with Crippen molar-refractivity contribution >= 4 is 5.97 Å². The maximum Gasteiger partial charge on any atom is 0.303 e. The monoisotopic (exact) mass is 218 g/mol. The minimum atomic E-state index is -0.682. The third-order valence-electron chi connectivity index (χ3n) is 1.80. The Kier molecular flexibility index (Phi) is 15.0. The molecule has 0 amide bonds. The van der Waals surface area contributed by atoms with Gasteiger partial charge in [-0.1, -0.05) is 19.8 Å². The van der Waals surface area contributed by atoms with Gasteiger partial charge >= 0.3 is 5.97 Å². The smallest absolute Gasteiger partial charge is 0.303 e. The van der Waals surface area contributed by atoms with Gasteiger partial charge in [0, 0.05) is 6.42 Å². The van der Waals surface area contributed by atoms with Crippen molar-refractivity contribution in [2.24, 2.45) is 5.73 Å². The Balaban J connectivity index is 0. The predicted octanol–water partition coefficient (Wildman–Crippen LogP) is 1.55. The molecule has 0 atom stereocenters. The second kappa shape index (κ2) is 13.4. The van der Waals surface area contributed by atoms with Crippen LogP contribution in [0.3, 0.4) is 0 Å². The highest BCUT2D eigenvalue weighted by molar-refractivity contribution is 5.66. The zero-order valence-electron chi connectivity index (χ0n) is 10.3. The van der Waals surface area contributed by atoms with Gasteiger partial charge in [0.25, 0.3) is 0 Å². The summed E-state index contributed by atoms with van der Waals surface area (Å²) in [7, 11) is 4.10. The Hall–Kier alpha value is -0.610. The van der Waals surface area contributed by atoms with Crippen LogP contribution in [-0.4, -0.2) is 43.2 Å². The lowest BCUT2D eigenvalue weighted by atomic mass is 10.2. The summed E-state index contributed by atoms with van der Waals surface area (Å²) in [5.41, 5.74) is 5.25. The van der Waals surface area contributed by atoms with E-state index < -0.39 is 5.97 Å². The van der Waals surface area contributed by atoms with Gasteiger partial charge in [-0.25, -0.2) is 0 Å². The maximum atomic E-state index is 9.87. The number of nitrogens with zero attached hydrogens (tertiary/aromatic N) is 1. The first kappa shape index (κ1) is 16.8. The lowest BCUT2D eigenvalue weighted by molar-refractivity contribution is -0.137. The molecule has 0 fully saturated rings. The molecule has 0 rings (SSSR count). The number of aliphatic carboxylic acids is 1. The highest BCUT2D eigenvalue weighted by Crippen LogP contribution is 1.97. The molecule has 92 valence electrons. The van der Waals surface area contributed by atoms with Crippen LogP contribution in [0.2, 0.25) is 0 Å². The van der Waals surface area contributed by atoms with E-state index >= 15 is 0 Å². The second-order valence-corrected chi connectivity index (χ2v) is 3.80. The largest absolute Gasteiger partial charge is 0.481 e. The first-order valence-electron chi connectivity index (χ1n) is 5.61. The van der Waals surface area contributed by atoms with Gasteiger partial charge in [0.15, 0.2) is 0 Å². The standard InChI is InChI=1S/C6H12O2.C5H14N2/c1-2-3-4-5-6(7)8;1-7(2)5-3-4-6/h2-5H2,1H3,(H,7,8);3-6H2,1-2H3. The molecular weight excluding hydrogens is 192 g/mol. The zero-order chi connectivity index (χ0) is 12.1. The molecule has 0 unspecified atom stereocenters. The summed E-state index contributed by atoms with van der Waals surface area (Å²) in [6, 6.07) is 0. The van der Waals surface area contributed by atoms with Gasteiger partial charge in [0.2, 0.25) is 0 Å². The molecule has 0 aromatic rings. The van der Waals surface area contributed by atoms with Gasteiger partial charge in [0.05, 0.1) is 0 Å². The van der Waals surface area contributed by atoms with Crippen LogP contribution in [0.25, 0.3) is 0 Å². The van der Waals surface area contributed by atoms with E-state index in [2.05, 4.69) is 25.9 Å². The average molecular weight is 218 g/mol. The van der Waals surface area contributed by atoms with Gasteiger partial charge < -0.3 is 15.7 Å². The molecule has 3 N–H and O–H groups in total. The summed E-state index contributed by atoms with van der Waals surface area (Å²) in [5, 5.41) is 8.14. The second-order valence-electron chi connectivity index (χ2n) is 3.80. The van der Waals surface area contributed by atoms with Crippen LogP contribution in [0, 0.1) is 0 Å². The average Bonchev–Trinajstić information content (AvgIpc) is 2.15. The topological polar surface area (TPSA) is 66.6 Å². The van der Waals surface area contributed by atoms with Crippen molar-refractivity contribution in [1.82, 2.24) is 4.90 Å². The van der Waals surface area contributed by atoms with E-state index in [0.717, 1.165) is 38.8 Å². The number of nitrogens with two attached hydrogens (primary N) is 1. The van der Waals surface area contributed by atoms with E-state index in [1.165, 1.54) is 0 Å². The predicted molar refractivity (Wildman–Crippen MR) is 64.0 cm³/mol. The fraction of sp³-hybridized carbons (Fsp3) is 0.909. The van der Waals surface area contributed by atoms with Crippen LogP contribution in [0.15, 0.2) is 0 Å². The van der Waals surface area contributed by atoms with Gasteiger partial charge in [-0.15, -0.1) is 0 Å². The molecule has 15 heavy (non-hydrogen) atoms. The van der Waals surface area contributed by atoms with Gasteiger partial charge in [0.1, 0.15) is 0 Å². The molecular formula is C11H26N2O2. The number of hydrogen-bond donors (Lipinski definition) is 2. The molecule has 0 saturated carbocycles. The first-order valence-corrected chi connectivity index (χ1v) is 5.61. The summed E-state index contributed by atoms with van der Waals surface area (Å²) in [6.45, 7) is 3.97. The minimum Gasteiger partial charge on any atom is -0.481 e. The summed E-state index contributed by atoms with van der Waals surface area (Å²) in [4.78, 5) is 12.0. The Morgan fingerprint density at radius 1 is 1.27 bits per heavy atom. The Bertz CT molecular complexity index is 139. The van der Waals surface area contributed by atoms with E-state index in [1.807, 2.05) is 0 Å². The van der Waals surface area contributed by atoms with Crippen LogP contribution in [0.5, 0.6) is 0 Å². The SMILES string of the molecule is CCCCCC(=O)O.CN(C)CCCN. The van der Waals surface area contributed by atoms with E-state index in [0.29, 0.717) is 6.42 Å². The lowest BCUT2D eigenvalue weighted by Crippen LogP contribution is -2.16. The molecule has 0 heterocycles. The summed E-state index contributed by atoms with van der Waals surface area (Å²) >= 11 is 0. The Morgan fingerprint density at radius 2 is 1.87 bits per heavy atom. The molecule has 0 saturated heterocycles. The number of unbranched alkanes of at least 4 members (excludes halogenated alkanes) is 2. The number of carboxylic acid groups (broad SMARTS) is 1. The molecule has 0 bridgehead atoms. The molecule has 0 radical (unpaired) electrons. The van der Waals surface area contributed by atoms with Crippen LogP contribution < -0.4 is 5.73 Å². The Labute approximate surface area is 93.4 Å². The fourth-order valence-corrected chi connectivity index (χ4v) is 0.934. The number of carbonyl (C=O) groups is 1. The Morgan fingerprint density at radius 3 is 2.13 bits per heavy atom. The van der Waals surface area contributed by atoms with E-state index in [1.54, 1.807) is 0 Å². The van der Waals surface area contributed by atoms with Crippen LogP contribution >= 0.6 is 0 Å². The third kappa shape index (κ3) is 24.7. The first-order chi connectivity index (χ1) is 7.04. The van der Waals surface area contributed by atoms with Crippen molar-refractivity contribution in [1.29, 1.82) is 0 Å². The van der Waals surface area contributed by atoms with Crippen molar-refractivity contribution in [3.63, 3.8) is 0 Å².